The topological polar surface area (TPSA) is 38.8 Å². The summed E-state index contributed by atoms with van der Waals surface area (Å²) in [6.45, 7) is 0.966. The van der Waals surface area contributed by atoms with Gasteiger partial charge in [0.25, 0.3) is 0 Å². The van der Waals surface area contributed by atoms with Crippen LogP contribution in [0, 0.1) is 0 Å². The van der Waals surface area contributed by atoms with Crippen molar-refractivity contribution in [3.63, 3.8) is 0 Å². The average molecular weight is 311 g/mol. The highest BCUT2D eigenvalue weighted by Crippen LogP contribution is 2.22. The number of hydrogen-bond acceptors (Lipinski definition) is 3. The lowest BCUT2D eigenvalue weighted by Crippen LogP contribution is -2.25. The molecule has 1 fully saturated rings. The number of benzene rings is 2. The number of nitrogens with zero attached hydrogens (tertiary/aromatic N) is 1. The number of carbonyl (C=O) groups excluding carboxylic acids is 1. The zero-order valence-electron chi connectivity index (χ0n) is 13.3. The van der Waals surface area contributed by atoms with Gasteiger partial charge in [0.05, 0.1) is 13.2 Å². The minimum atomic E-state index is -0.302. The maximum Gasteiger partial charge on any atom is 0.414 e. The highest BCUT2D eigenvalue weighted by Gasteiger charge is 2.32. The molecule has 1 heterocycles. The molecule has 4 heteroatoms. The molecule has 0 saturated carbocycles. The van der Waals surface area contributed by atoms with Gasteiger partial charge in [-0.15, -0.1) is 0 Å². The Morgan fingerprint density at radius 3 is 2.35 bits per heavy atom. The molecule has 2 aromatic rings. The number of carbonyl (C=O) groups is 1. The van der Waals surface area contributed by atoms with Crippen molar-refractivity contribution in [1.82, 2.24) is 0 Å². The van der Waals surface area contributed by atoms with E-state index in [9.17, 15) is 4.79 Å². The molecule has 0 bridgehead atoms. The van der Waals surface area contributed by atoms with Crippen LogP contribution in [0.1, 0.15) is 11.1 Å². The van der Waals surface area contributed by atoms with Gasteiger partial charge in [0.15, 0.2) is 0 Å². The third-order valence-electron chi connectivity index (χ3n) is 4.02. The predicted octanol–water partition coefficient (Wildman–Crippen LogP) is 3.44. The van der Waals surface area contributed by atoms with E-state index in [1.54, 1.807) is 12.0 Å². The van der Waals surface area contributed by atoms with Crippen LogP contribution in [0.4, 0.5) is 10.5 Å². The lowest BCUT2D eigenvalue weighted by atomic mass is 10.0. The summed E-state index contributed by atoms with van der Waals surface area (Å²) < 4.78 is 10.3. The van der Waals surface area contributed by atoms with E-state index >= 15 is 0 Å². The Hall–Kier alpha value is -2.33. The molecule has 1 aliphatic heterocycles. The number of aryl methyl sites for hydroxylation is 2. The van der Waals surface area contributed by atoms with Gasteiger partial charge in [0.2, 0.25) is 0 Å². The summed E-state index contributed by atoms with van der Waals surface area (Å²) in [4.78, 5) is 13.6. The summed E-state index contributed by atoms with van der Waals surface area (Å²) in [6, 6.07) is 18.6. The second kappa shape index (κ2) is 7.29. The van der Waals surface area contributed by atoms with Gasteiger partial charge in [0.1, 0.15) is 6.10 Å². The smallest absolute Gasteiger partial charge is 0.414 e. The van der Waals surface area contributed by atoms with E-state index < -0.39 is 0 Å². The second-order valence-corrected chi connectivity index (χ2v) is 5.72. The fourth-order valence-corrected chi connectivity index (χ4v) is 2.78. The number of amides is 1. The number of anilines is 1. The molecule has 3 rings (SSSR count). The minimum absolute atomic E-state index is 0.190. The highest BCUT2D eigenvalue weighted by atomic mass is 16.6. The lowest BCUT2D eigenvalue weighted by molar-refractivity contribution is 0.0718. The van der Waals surface area contributed by atoms with Gasteiger partial charge in [0, 0.05) is 12.8 Å². The molecule has 4 nitrogen and oxygen atoms in total. The van der Waals surface area contributed by atoms with Gasteiger partial charge >= 0.3 is 6.09 Å². The highest BCUT2D eigenvalue weighted by molar-refractivity contribution is 5.89. The molecule has 0 N–H and O–H groups in total. The normalized spacial score (nSPS) is 17.3. The van der Waals surface area contributed by atoms with Crippen LogP contribution >= 0.6 is 0 Å². The number of cyclic esters (lactones) is 1. The number of methoxy groups -OCH3 is 1. The van der Waals surface area contributed by atoms with Crippen LogP contribution in [0.25, 0.3) is 0 Å². The van der Waals surface area contributed by atoms with Gasteiger partial charge in [-0.3, -0.25) is 4.90 Å². The number of hydrogen-bond donors (Lipinski definition) is 0. The van der Waals surface area contributed by atoms with Gasteiger partial charge < -0.3 is 9.47 Å². The van der Waals surface area contributed by atoms with Gasteiger partial charge in [-0.25, -0.2) is 4.79 Å². The van der Waals surface area contributed by atoms with Crippen molar-refractivity contribution in [2.24, 2.45) is 0 Å². The summed E-state index contributed by atoms with van der Waals surface area (Å²) in [5, 5.41) is 0. The molecule has 0 spiro atoms. The number of ether oxygens (including phenoxy) is 2. The molecule has 0 aliphatic carbocycles. The van der Waals surface area contributed by atoms with Crippen molar-refractivity contribution in [3.05, 3.63) is 65.7 Å². The fourth-order valence-electron chi connectivity index (χ4n) is 2.78. The molecule has 1 amide bonds. The van der Waals surface area contributed by atoms with E-state index in [2.05, 4.69) is 36.4 Å². The summed E-state index contributed by atoms with van der Waals surface area (Å²) in [7, 11) is 1.61. The molecule has 1 aliphatic rings. The molecule has 1 atom stereocenters. The fraction of sp³-hybridized carbons (Fsp3) is 0.316. The van der Waals surface area contributed by atoms with E-state index in [0.29, 0.717) is 13.2 Å². The largest absolute Gasteiger partial charge is 0.441 e. The molecule has 1 saturated heterocycles. The molecule has 120 valence electrons. The number of rotatable bonds is 6. The molecule has 0 radical (unpaired) electrons. The molecular formula is C19H21NO3. The van der Waals surface area contributed by atoms with E-state index in [4.69, 9.17) is 9.47 Å². The van der Waals surface area contributed by atoms with Crippen molar-refractivity contribution in [2.45, 2.75) is 18.9 Å². The maximum atomic E-state index is 11.9. The molecule has 2 aromatic carbocycles. The van der Waals surface area contributed by atoms with Crippen LogP contribution < -0.4 is 4.90 Å². The Morgan fingerprint density at radius 1 is 1.04 bits per heavy atom. The Balaban J connectivity index is 1.60. The van der Waals surface area contributed by atoms with Crippen LogP contribution in [0.5, 0.6) is 0 Å². The zero-order chi connectivity index (χ0) is 16.1. The van der Waals surface area contributed by atoms with Gasteiger partial charge in [-0.1, -0.05) is 42.5 Å². The zero-order valence-corrected chi connectivity index (χ0v) is 13.3. The SMILES string of the molecule is COCC1CN(c2ccc(CCc3ccccc3)cc2)C(=O)O1. The van der Waals surface area contributed by atoms with Crippen molar-refractivity contribution in [3.8, 4) is 0 Å². The standard InChI is InChI=1S/C19H21NO3/c1-22-14-18-13-20(19(21)23-18)17-11-9-16(10-12-17)8-7-15-5-3-2-4-6-15/h2-6,9-12,18H,7-8,13-14H2,1H3. The Morgan fingerprint density at radius 2 is 1.70 bits per heavy atom. The Labute approximate surface area is 136 Å². The maximum absolute atomic E-state index is 11.9. The van der Waals surface area contributed by atoms with Crippen molar-refractivity contribution in [1.29, 1.82) is 0 Å². The molecule has 0 aromatic heterocycles. The van der Waals surface area contributed by atoms with Crippen LogP contribution in [-0.2, 0) is 22.3 Å². The third kappa shape index (κ3) is 3.90. The summed E-state index contributed by atoms with van der Waals surface area (Å²) in [6.07, 6.45) is 1.51. The average Bonchev–Trinajstić information content (AvgIpc) is 2.95. The van der Waals surface area contributed by atoms with Crippen LogP contribution in [0.15, 0.2) is 54.6 Å². The molecule has 23 heavy (non-hydrogen) atoms. The Bertz CT molecular complexity index is 639. The van der Waals surface area contributed by atoms with E-state index in [1.807, 2.05) is 18.2 Å². The third-order valence-corrected chi connectivity index (χ3v) is 4.02. The minimum Gasteiger partial charge on any atom is -0.441 e. The van der Waals surface area contributed by atoms with Gasteiger partial charge in [-0.2, -0.15) is 0 Å². The monoisotopic (exact) mass is 311 g/mol. The summed E-state index contributed by atoms with van der Waals surface area (Å²) >= 11 is 0. The predicted molar refractivity (Wildman–Crippen MR) is 89.8 cm³/mol. The van der Waals surface area contributed by atoms with E-state index in [1.165, 1.54) is 11.1 Å². The first-order chi connectivity index (χ1) is 11.3. The first-order valence-electron chi connectivity index (χ1n) is 7.86. The van der Waals surface area contributed by atoms with Crippen molar-refractivity contribution >= 4 is 11.8 Å². The molecular weight excluding hydrogens is 290 g/mol. The van der Waals surface area contributed by atoms with Crippen LogP contribution in [-0.4, -0.2) is 32.5 Å². The Kier molecular flexibility index (Phi) is 4.93. The van der Waals surface area contributed by atoms with Crippen molar-refractivity contribution in [2.75, 3.05) is 25.2 Å². The molecule has 1 unspecified atom stereocenters. The van der Waals surface area contributed by atoms with E-state index in [0.717, 1.165) is 18.5 Å². The quantitative estimate of drug-likeness (QED) is 0.820. The second-order valence-electron chi connectivity index (χ2n) is 5.72. The van der Waals surface area contributed by atoms with Crippen molar-refractivity contribution < 1.29 is 14.3 Å². The first-order valence-corrected chi connectivity index (χ1v) is 7.86. The van der Waals surface area contributed by atoms with Crippen LogP contribution in [0.2, 0.25) is 0 Å². The van der Waals surface area contributed by atoms with Crippen LogP contribution in [0.3, 0.4) is 0 Å². The first kappa shape index (κ1) is 15.6. The van der Waals surface area contributed by atoms with Gasteiger partial charge in [-0.05, 0) is 36.1 Å². The van der Waals surface area contributed by atoms with E-state index in [-0.39, 0.29) is 12.2 Å². The summed E-state index contributed by atoms with van der Waals surface area (Å²) in [5.74, 6) is 0. The summed E-state index contributed by atoms with van der Waals surface area (Å²) in [5.41, 5.74) is 3.47. The lowest BCUT2D eigenvalue weighted by Gasteiger charge is -2.13.